The lowest BCUT2D eigenvalue weighted by Crippen LogP contribution is -2.25. The second kappa shape index (κ2) is 10.6. The van der Waals surface area contributed by atoms with Crippen molar-refractivity contribution in [2.24, 2.45) is 0 Å². The minimum absolute atomic E-state index is 0.0998. The number of nitrogens with one attached hydrogen (secondary N) is 2. The summed E-state index contributed by atoms with van der Waals surface area (Å²) in [6, 6.07) is 14.0. The molecule has 2 N–H and O–H groups in total. The lowest BCUT2D eigenvalue weighted by Gasteiger charge is -2.09. The Morgan fingerprint density at radius 1 is 0.933 bits per heavy atom. The van der Waals surface area contributed by atoms with E-state index in [0.29, 0.717) is 29.7 Å². The van der Waals surface area contributed by atoms with Crippen LogP contribution in [0.15, 0.2) is 60.0 Å². The van der Waals surface area contributed by atoms with Gasteiger partial charge < -0.3 is 10.6 Å². The van der Waals surface area contributed by atoms with Gasteiger partial charge in [0.05, 0.1) is 0 Å². The molecular formula is C23H22F2N2O2S. The molecule has 3 aromatic rings. The molecular weight excluding hydrogens is 406 g/mol. The Morgan fingerprint density at radius 2 is 1.73 bits per heavy atom. The predicted octanol–water partition coefficient (Wildman–Crippen LogP) is 4.96. The van der Waals surface area contributed by atoms with Crippen molar-refractivity contribution < 1.29 is 18.4 Å². The van der Waals surface area contributed by atoms with E-state index in [1.165, 1.54) is 17.0 Å². The lowest BCUT2D eigenvalue weighted by molar-refractivity contribution is -0.116. The van der Waals surface area contributed by atoms with Crippen molar-refractivity contribution in [2.45, 2.75) is 25.7 Å². The number of carbonyl (C=O) groups is 2. The van der Waals surface area contributed by atoms with Crippen molar-refractivity contribution in [3.63, 3.8) is 0 Å². The molecule has 4 nitrogen and oxygen atoms in total. The van der Waals surface area contributed by atoms with Crippen molar-refractivity contribution in [1.29, 1.82) is 0 Å². The number of anilines is 1. The van der Waals surface area contributed by atoms with Gasteiger partial charge in [0.2, 0.25) is 5.91 Å². The summed E-state index contributed by atoms with van der Waals surface area (Å²) in [5.74, 6) is -1.71. The second-order valence-corrected chi connectivity index (χ2v) is 7.88. The Labute approximate surface area is 177 Å². The maximum absolute atomic E-state index is 13.2. The number of hydrogen-bond acceptors (Lipinski definition) is 3. The fraction of sp³-hybridized carbons (Fsp3) is 0.217. The summed E-state index contributed by atoms with van der Waals surface area (Å²) >= 11 is 1.68. The first kappa shape index (κ1) is 21.6. The molecule has 0 spiro atoms. The topological polar surface area (TPSA) is 58.2 Å². The maximum Gasteiger partial charge on any atom is 0.251 e. The van der Waals surface area contributed by atoms with Crippen LogP contribution in [-0.2, 0) is 17.6 Å². The van der Waals surface area contributed by atoms with Crippen molar-refractivity contribution in [2.75, 3.05) is 11.9 Å². The summed E-state index contributed by atoms with van der Waals surface area (Å²) in [5, 5.41) is 7.55. The Kier molecular flexibility index (Phi) is 7.68. The van der Waals surface area contributed by atoms with Gasteiger partial charge in [0.1, 0.15) is 11.6 Å². The van der Waals surface area contributed by atoms with E-state index in [1.54, 1.807) is 35.6 Å². The third kappa shape index (κ3) is 6.77. The number of carbonyl (C=O) groups excluding carboxylic acids is 2. The molecule has 7 heteroatoms. The summed E-state index contributed by atoms with van der Waals surface area (Å²) in [6.45, 7) is 0.237. The van der Waals surface area contributed by atoms with Crippen LogP contribution < -0.4 is 10.6 Å². The van der Waals surface area contributed by atoms with Crippen molar-refractivity contribution in [1.82, 2.24) is 5.32 Å². The van der Waals surface area contributed by atoms with E-state index in [-0.39, 0.29) is 18.4 Å². The molecule has 2 aromatic carbocycles. The van der Waals surface area contributed by atoms with Gasteiger partial charge in [-0.25, -0.2) is 8.78 Å². The number of aryl methyl sites for hydroxylation is 1. The van der Waals surface area contributed by atoms with Gasteiger partial charge in [0.25, 0.3) is 5.91 Å². The summed E-state index contributed by atoms with van der Waals surface area (Å²) in [4.78, 5) is 25.7. The fourth-order valence-electron chi connectivity index (χ4n) is 3.02. The molecule has 0 aliphatic carbocycles. The van der Waals surface area contributed by atoms with E-state index < -0.39 is 11.6 Å². The number of amides is 2. The van der Waals surface area contributed by atoms with Crippen LogP contribution in [0.3, 0.4) is 0 Å². The number of halogens is 2. The number of hydrogen-bond donors (Lipinski definition) is 2. The average Bonchev–Trinajstić information content (AvgIpc) is 3.21. The van der Waals surface area contributed by atoms with Crippen molar-refractivity contribution in [3.8, 4) is 0 Å². The molecule has 0 unspecified atom stereocenters. The van der Waals surface area contributed by atoms with E-state index in [2.05, 4.69) is 16.7 Å². The van der Waals surface area contributed by atoms with Gasteiger partial charge >= 0.3 is 0 Å². The molecule has 3 rings (SSSR count). The van der Waals surface area contributed by atoms with Gasteiger partial charge in [-0.3, -0.25) is 9.59 Å². The highest BCUT2D eigenvalue weighted by molar-refractivity contribution is 7.09. The zero-order chi connectivity index (χ0) is 21.3. The molecule has 0 fully saturated rings. The predicted molar refractivity (Wildman–Crippen MR) is 115 cm³/mol. The fourth-order valence-corrected chi connectivity index (χ4v) is 3.77. The molecule has 0 radical (unpaired) electrons. The van der Waals surface area contributed by atoms with Crippen LogP contribution in [-0.4, -0.2) is 18.4 Å². The van der Waals surface area contributed by atoms with Gasteiger partial charge in [0.15, 0.2) is 0 Å². The minimum Gasteiger partial charge on any atom is -0.352 e. The summed E-state index contributed by atoms with van der Waals surface area (Å²) in [7, 11) is 0. The van der Waals surface area contributed by atoms with Crippen LogP contribution >= 0.6 is 11.3 Å². The Bertz CT molecular complexity index is 986. The molecule has 0 bridgehead atoms. The number of rotatable bonds is 9. The standard InChI is InChI=1S/C23H22F2N2O2S/c24-18-12-16(13-19(25)15-18)9-10-26-23(29)17-4-1-5-20(14-17)27-22(28)8-2-6-21-7-3-11-30-21/h1,3-5,7,11-15H,2,6,8-10H2,(H,26,29)(H,27,28). The summed E-state index contributed by atoms with van der Waals surface area (Å²) in [6.07, 6.45) is 2.33. The minimum atomic E-state index is -0.643. The van der Waals surface area contributed by atoms with Crippen LogP contribution in [0.2, 0.25) is 0 Å². The highest BCUT2D eigenvalue weighted by atomic mass is 32.1. The molecule has 156 valence electrons. The first-order chi connectivity index (χ1) is 14.5. The quantitative estimate of drug-likeness (QED) is 0.506. The zero-order valence-corrected chi connectivity index (χ0v) is 17.1. The third-order valence-corrected chi connectivity index (χ3v) is 5.37. The van der Waals surface area contributed by atoms with Crippen LogP contribution in [0.25, 0.3) is 0 Å². The second-order valence-electron chi connectivity index (χ2n) is 6.85. The van der Waals surface area contributed by atoms with Crippen LogP contribution in [0.5, 0.6) is 0 Å². The monoisotopic (exact) mass is 428 g/mol. The molecule has 2 amide bonds. The van der Waals surface area contributed by atoms with E-state index >= 15 is 0 Å². The van der Waals surface area contributed by atoms with Crippen LogP contribution in [0.4, 0.5) is 14.5 Å². The SMILES string of the molecule is O=C(CCCc1cccs1)Nc1cccc(C(=O)NCCc2cc(F)cc(F)c2)c1. The van der Waals surface area contributed by atoms with Crippen LogP contribution in [0.1, 0.15) is 33.6 Å². The van der Waals surface area contributed by atoms with Crippen molar-refractivity contribution in [3.05, 3.63) is 87.6 Å². The lowest BCUT2D eigenvalue weighted by atomic mass is 10.1. The zero-order valence-electron chi connectivity index (χ0n) is 16.3. The molecule has 30 heavy (non-hydrogen) atoms. The van der Waals surface area contributed by atoms with Gasteiger partial charge in [-0.05, 0) is 66.6 Å². The van der Waals surface area contributed by atoms with Crippen molar-refractivity contribution >= 4 is 28.8 Å². The summed E-state index contributed by atoms with van der Waals surface area (Å²) < 4.78 is 26.4. The Hall–Kier alpha value is -3.06. The molecule has 0 aliphatic heterocycles. The maximum atomic E-state index is 13.2. The molecule has 0 saturated heterocycles. The van der Waals surface area contributed by atoms with Gasteiger partial charge in [0, 0.05) is 35.2 Å². The summed E-state index contributed by atoms with van der Waals surface area (Å²) in [5.41, 5.74) is 1.42. The van der Waals surface area contributed by atoms with E-state index in [4.69, 9.17) is 0 Å². The van der Waals surface area contributed by atoms with Gasteiger partial charge in [-0.1, -0.05) is 12.1 Å². The van der Waals surface area contributed by atoms with E-state index in [9.17, 15) is 18.4 Å². The number of thiophene rings is 1. The van der Waals surface area contributed by atoms with Crippen LogP contribution in [0, 0.1) is 11.6 Å². The smallest absolute Gasteiger partial charge is 0.251 e. The average molecular weight is 429 g/mol. The van der Waals surface area contributed by atoms with E-state index in [0.717, 1.165) is 18.9 Å². The first-order valence-electron chi connectivity index (χ1n) is 9.65. The van der Waals surface area contributed by atoms with E-state index in [1.807, 2.05) is 11.4 Å². The molecule has 0 saturated carbocycles. The molecule has 1 heterocycles. The Morgan fingerprint density at radius 3 is 2.47 bits per heavy atom. The molecule has 1 aromatic heterocycles. The van der Waals surface area contributed by atoms with Gasteiger partial charge in [-0.2, -0.15) is 0 Å². The largest absolute Gasteiger partial charge is 0.352 e. The highest BCUT2D eigenvalue weighted by Crippen LogP contribution is 2.14. The third-order valence-electron chi connectivity index (χ3n) is 4.44. The van der Waals surface area contributed by atoms with Gasteiger partial charge in [-0.15, -0.1) is 11.3 Å². The highest BCUT2D eigenvalue weighted by Gasteiger charge is 2.09. The normalized spacial score (nSPS) is 10.6. The number of benzene rings is 2. The Balaban J connectivity index is 1.46. The molecule has 0 aliphatic rings. The first-order valence-corrected chi connectivity index (χ1v) is 10.5. The molecule has 0 atom stereocenters.